The van der Waals surface area contributed by atoms with Crippen LogP contribution < -0.4 is 14.8 Å². The highest BCUT2D eigenvalue weighted by molar-refractivity contribution is 5.99. The van der Waals surface area contributed by atoms with Crippen LogP contribution in [0.4, 0.5) is 14.5 Å². The minimum absolute atomic E-state index is 0.103. The van der Waals surface area contributed by atoms with Gasteiger partial charge in [-0.15, -0.1) is 0 Å². The van der Waals surface area contributed by atoms with Gasteiger partial charge in [-0.3, -0.25) is 9.59 Å². The number of anilines is 1. The fourth-order valence-corrected chi connectivity index (χ4v) is 3.96. The Kier molecular flexibility index (Phi) is 6.26. The number of hydrogen-bond donors (Lipinski definition) is 1. The van der Waals surface area contributed by atoms with Crippen molar-refractivity contribution < 1.29 is 27.8 Å². The number of fused-ring (bicyclic) bond motifs is 1. The van der Waals surface area contributed by atoms with Crippen LogP contribution in [-0.2, 0) is 11.3 Å². The first-order valence-electron chi connectivity index (χ1n) is 10.3. The molecule has 0 fully saturated rings. The van der Waals surface area contributed by atoms with Crippen LogP contribution in [-0.4, -0.2) is 30.9 Å². The largest absolute Gasteiger partial charge is 0.493 e. The first kappa shape index (κ1) is 22.3. The summed E-state index contributed by atoms with van der Waals surface area (Å²) in [6, 6.07) is 15.0. The lowest BCUT2D eigenvalue weighted by Gasteiger charge is -2.28. The molecule has 1 aliphatic heterocycles. The zero-order chi connectivity index (χ0) is 23.5. The van der Waals surface area contributed by atoms with Crippen LogP contribution in [0, 0.1) is 11.6 Å². The fourth-order valence-electron chi connectivity index (χ4n) is 3.96. The summed E-state index contributed by atoms with van der Waals surface area (Å²) in [5.74, 6) is -1.73. The van der Waals surface area contributed by atoms with Gasteiger partial charge in [-0.2, -0.15) is 0 Å². The van der Waals surface area contributed by atoms with Crippen molar-refractivity contribution >= 4 is 17.5 Å². The Morgan fingerprint density at radius 2 is 1.76 bits per heavy atom. The number of benzene rings is 3. The Bertz CT molecular complexity index is 1210. The van der Waals surface area contributed by atoms with E-state index in [0.717, 1.165) is 17.7 Å². The molecule has 1 N–H and O–H groups in total. The molecule has 0 aromatic heterocycles. The van der Waals surface area contributed by atoms with Gasteiger partial charge >= 0.3 is 0 Å². The first-order chi connectivity index (χ1) is 15.9. The molecule has 33 heavy (non-hydrogen) atoms. The Morgan fingerprint density at radius 1 is 1.00 bits per heavy atom. The van der Waals surface area contributed by atoms with Crippen LogP contribution in [0.25, 0.3) is 0 Å². The van der Waals surface area contributed by atoms with Gasteiger partial charge in [-0.05, 0) is 41.5 Å². The summed E-state index contributed by atoms with van der Waals surface area (Å²) >= 11 is 0. The van der Waals surface area contributed by atoms with E-state index in [2.05, 4.69) is 5.32 Å². The maximum atomic E-state index is 13.6. The topological polar surface area (TPSA) is 67.9 Å². The van der Waals surface area contributed by atoms with Gasteiger partial charge < -0.3 is 19.7 Å². The second kappa shape index (κ2) is 9.28. The molecule has 0 saturated carbocycles. The summed E-state index contributed by atoms with van der Waals surface area (Å²) in [7, 11) is 3.02. The predicted octanol–water partition coefficient (Wildman–Crippen LogP) is 4.71. The molecule has 0 aliphatic carbocycles. The number of ether oxygens (including phenoxy) is 2. The molecule has 8 heteroatoms. The third-order valence-corrected chi connectivity index (χ3v) is 5.60. The molecule has 6 nitrogen and oxygen atoms in total. The van der Waals surface area contributed by atoms with E-state index >= 15 is 0 Å². The van der Waals surface area contributed by atoms with Gasteiger partial charge in [0, 0.05) is 23.9 Å². The predicted molar refractivity (Wildman–Crippen MR) is 118 cm³/mol. The second-order valence-electron chi connectivity index (χ2n) is 7.60. The highest BCUT2D eigenvalue weighted by Gasteiger charge is 2.35. The van der Waals surface area contributed by atoms with Crippen LogP contribution >= 0.6 is 0 Å². The molecule has 0 unspecified atom stereocenters. The molecular weight excluding hydrogens is 430 g/mol. The molecule has 3 aromatic rings. The van der Waals surface area contributed by atoms with E-state index in [1.54, 1.807) is 35.2 Å². The third-order valence-electron chi connectivity index (χ3n) is 5.60. The van der Waals surface area contributed by atoms with E-state index in [0.29, 0.717) is 29.2 Å². The average Bonchev–Trinajstić information content (AvgIpc) is 3.15. The zero-order valence-corrected chi connectivity index (χ0v) is 18.1. The monoisotopic (exact) mass is 452 g/mol. The number of hydrogen-bond acceptors (Lipinski definition) is 4. The van der Waals surface area contributed by atoms with E-state index in [4.69, 9.17) is 9.47 Å². The van der Waals surface area contributed by atoms with Crippen molar-refractivity contribution in [1.29, 1.82) is 0 Å². The lowest BCUT2D eigenvalue weighted by atomic mass is 10.0. The number of methoxy groups -OCH3 is 2. The number of amides is 2. The van der Waals surface area contributed by atoms with Crippen molar-refractivity contribution in [3.05, 3.63) is 89.0 Å². The molecule has 0 radical (unpaired) electrons. The maximum absolute atomic E-state index is 13.6. The molecule has 0 saturated heterocycles. The molecule has 1 aliphatic rings. The summed E-state index contributed by atoms with van der Waals surface area (Å²) in [5.41, 5.74) is 2.26. The van der Waals surface area contributed by atoms with Gasteiger partial charge in [0.2, 0.25) is 5.91 Å². The van der Waals surface area contributed by atoms with E-state index in [1.807, 2.05) is 12.1 Å². The quantitative estimate of drug-likeness (QED) is 0.564. The maximum Gasteiger partial charge on any atom is 0.255 e. The summed E-state index contributed by atoms with van der Waals surface area (Å²) in [5, 5.41) is 2.58. The summed E-state index contributed by atoms with van der Waals surface area (Å²) in [6.45, 7) is 0.340. The lowest BCUT2D eigenvalue weighted by Crippen LogP contribution is -2.32. The highest BCUT2D eigenvalue weighted by Crippen LogP contribution is 2.37. The van der Waals surface area contributed by atoms with Gasteiger partial charge in [-0.1, -0.05) is 24.3 Å². The molecule has 3 aromatic carbocycles. The minimum atomic E-state index is -1.06. The number of halogens is 2. The normalized spacial score (nSPS) is 13.5. The minimum Gasteiger partial charge on any atom is -0.493 e. The summed E-state index contributed by atoms with van der Waals surface area (Å²) in [6.07, 6.45) is -0.103. The number of nitrogens with zero attached hydrogens (tertiary/aromatic N) is 1. The standard InChI is InChI=1S/C25H22F2N2O4/c1-32-22-10-7-15(11-23(22)33-2)21(29-14-16-5-3-4-6-18(16)25(29)31)13-24(30)28-17-8-9-19(26)20(27)12-17/h3-12,21H,13-14H2,1-2H3,(H,28,30)/t21-/m0/s1. The SMILES string of the molecule is COc1ccc([C@H](CC(=O)Nc2ccc(F)c(F)c2)N2Cc3ccccc3C2=O)cc1OC. The van der Waals surface area contributed by atoms with Crippen molar-refractivity contribution in [3.8, 4) is 11.5 Å². The Morgan fingerprint density at radius 3 is 2.45 bits per heavy atom. The molecule has 170 valence electrons. The molecule has 0 spiro atoms. The van der Waals surface area contributed by atoms with Crippen molar-refractivity contribution in [1.82, 2.24) is 4.90 Å². The Hall–Kier alpha value is -3.94. The second-order valence-corrected chi connectivity index (χ2v) is 7.60. The van der Waals surface area contributed by atoms with Crippen LogP contribution in [0.15, 0.2) is 60.7 Å². The Labute approximate surface area is 189 Å². The van der Waals surface area contributed by atoms with Crippen LogP contribution in [0.2, 0.25) is 0 Å². The number of carbonyl (C=O) groups is 2. The molecule has 4 rings (SSSR count). The molecule has 1 atom stereocenters. The summed E-state index contributed by atoms with van der Waals surface area (Å²) < 4.78 is 37.5. The molecule has 0 bridgehead atoms. The van der Waals surface area contributed by atoms with E-state index < -0.39 is 23.6 Å². The first-order valence-corrected chi connectivity index (χ1v) is 10.3. The zero-order valence-electron chi connectivity index (χ0n) is 18.1. The number of rotatable bonds is 7. The van der Waals surface area contributed by atoms with E-state index in [1.165, 1.54) is 20.3 Å². The fraction of sp³-hybridized carbons (Fsp3) is 0.200. The van der Waals surface area contributed by atoms with E-state index in [-0.39, 0.29) is 18.0 Å². The number of nitrogens with one attached hydrogen (secondary N) is 1. The van der Waals surface area contributed by atoms with Gasteiger partial charge in [-0.25, -0.2) is 8.78 Å². The average molecular weight is 452 g/mol. The van der Waals surface area contributed by atoms with Crippen molar-refractivity contribution in [2.45, 2.75) is 19.0 Å². The van der Waals surface area contributed by atoms with E-state index in [9.17, 15) is 18.4 Å². The van der Waals surface area contributed by atoms with Crippen molar-refractivity contribution in [2.75, 3.05) is 19.5 Å². The molecule has 1 heterocycles. The third kappa shape index (κ3) is 4.50. The van der Waals surface area contributed by atoms with Crippen molar-refractivity contribution in [2.24, 2.45) is 0 Å². The van der Waals surface area contributed by atoms with Gasteiger partial charge in [0.1, 0.15) is 0 Å². The van der Waals surface area contributed by atoms with Crippen LogP contribution in [0.1, 0.15) is 33.9 Å². The van der Waals surface area contributed by atoms with Gasteiger partial charge in [0.15, 0.2) is 23.1 Å². The van der Waals surface area contributed by atoms with Gasteiger partial charge in [0.05, 0.1) is 26.7 Å². The highest BCUT2D eigenvalue weighted by atomic mass is 19.2. The molecular formula is C25H22F2N2O4. The summed E-state index contributed by atoms with van der Waals surface area (Å²) in [4.78, 5) is 27.7. The molecule has 2 amide bonds. The smallest absolute Gasteiger partial charge is 0.255 e. The number of carbonyl (C=O) groups excluding carboxylic acids is 2. The van der Waals surface area contributed by atoms with Crippen LogP contribution in [0.5, 0.6) is 11.5 Å². The lowest BCUT2D eigenvalue weighted by molar-refractivity contribution is -0.117. The van der Waals surface area contributed by atoms with Crippen LogP contribution in [0.3, 0.4) is 0 Å². The van der Waals surface area contributed by atoms with Crippen molar-refractivity contribution in [3.63, 3.8) is 0 Å². The van der Waals surface area contributed by atoms with Gasteiger partial charge in [0.25, 0.3) is 5.91 Å². The Balaban J connectivity index is 1.65.